The van der Waals surface area contributed by atoms with Crippen molar-refractivity contribution in [2.75, 3.05) is 0 Å². The Bertz CT molecular complexity index is 109. The van der Waals surface area contributed by atoms with Crippen LogP contribution in [-0.2, 0) is 9.59 Å². The lowest BCUT2D eigenvalue weighted by Gasteiger charge is -1.91. The van der Waals surface area contributed by atoms with Crippen LogP contribution in [0, 0.1) is 5.92 Å². The van der Waals surface area contributed by atoms with E-state index >= 15 is 0 Å². The van der Waals surface area contributed by atoms with Gasteiger partial charge in [-0.15, -0.1) is 6.58 Å². The fourth-order valence-corrected chi connectivity index (χ4v) is 0.215. The van der Waals surface area contributed by atoms with Gasteiger partial charge in [-0.1, -0.05) is 6.08 Å². The van der Waals surface area contributed by atoms with Gasteiger partial charge in [-0.3, -0.25) is 4.79 Å². The Labute approximate surface area is 46.6 Å². The van der Waals surface area contributed by atoms with Crippen molar-refractivity contribution in [1.82, 2.24) is 0 Å². The molecule has 44 valence electrons. The Morgan fingerprint density at radius 2 is 2.25 bits per heavy atom. The van der Waals surface area contributed by atoms with E-state index in [0.717, 1.165) is 6.08 Å². The van der Waals surface area contributed by atoms with Gasteiger partial charge in [-0.05, 0) is 0 Å². The van der Waals surface area contributed by atoms with Crippen LogP contribution in [-0.4, -0.2) is 17.4 Å². The maximum Gasteiger partial charge on any atom is 0.317 e. The molecule has 0 heterocycles. The van der Waals surface area contributed by atoms with Crippen LogP contribution in [0.2, 0.25) is 0 Å². The molecule has 0 aliphatic rings. The van der Waals surface area contributed by atoms with E-state index in [2.05, 4.69) is 6.58 Å². The van der Waals surface area contributed by atoms with Gasteiger partial charge >= 0.3 is 5.97 Å². The van der Waals surface area contributed by atoms with E-state index in [0.29, 0.717) is 6.29 Å². The Hall–Kier alpha value is -1.12. The second-order valence-electron chi connectivity index (χ2n) is 1.24. The number of carbonyl (C=O) groups is 2. The van der Waals surface area contributed by atoms with Crippen molar-refractivity contribution < 1.29 is 14.7 Å². The lowest BCUT2D eigenvalue weighted by atomic mass is 10.2. The van der Waals surface area contributed by atoms with Crippen LogP contribution in [0.5, 0.6) is 0 Å². The number of rotatable bonds is 3. The first-order valence-electron chi connectivity index (χ1n) is 2.03. The summed E-state index contributed by atoms with van der Waals surface area (Å²) < 4.78 is 0. The number of aldehydes is 1. The van der Waals surface area contributed by atoms with Crippen LogP contribution in [0.1, 0.15) is 0 Å². The summed E-state index contributed by atoms with van der Waals surface area (Å²) in [5, 5.41) is 8.07. The van der Waals surface area contributed by atoms with E-state index < -0.39 is 11.9 Å². The van der Waals surface area contributed by atoms with Gasteiger partial charge in [0.25, 0.3) is 0 Å². The molecule has 0 aromatic rings. The summed E-state index contributed by atoms with van der Waals surface area (Å²) in [7, 11) is 0. The summed E-state index contributed by atoms with van der Waals surface area (Å²) in [6.45, 7) is 3.14. The Balaban J connectivity index is 3.88. The molecule has 3 nitrogen and oxygen atoms in total. The second kappa shape index (κ2) is 2.96. The van der Waals surface area contributed by atoms with E-state index in [4.69, 9.17) is 5.11 Å². The highest BCUT2D eigenvalue weighted by molar-refractivity contribution is 5.88. The van der Waals surface area contributed by atoms with Crippen LogP contribution in [0.25, 0.3) is 0 Å². The zero-order chi connectivity index (χ0) is 6.57. The third-order valence-corrected chi connectivity index (χ3v) is 0.686. The maximum atomic E-state index is 9.86. The van der Waals surface area contributed by atoms with Crippen molar-refractivity contribution in [1.29, 1.82) is 0 Å². The minimum atomic E-state index is -1.16. The first-order chi connectivity index (χ1) is 3.72. The Morgan fingerprint density at radius 1 is 1.75 bits per heavy atom. The normalized spacial score (nSPS) is 12.0. The molecule has 0 aliphatic heterocycles. The molecule has 0 rings (SSSR count). The average molecular weight is 114 g/mol. The van der Waals surface area contributed by atoms with Crippen LogP contribution >= 0.6 is 0 Å². The monoisotopic (exact) mass is 114 g/mol. The van der Waals surface area contributed by atoms with E-state index in [9.17, 15) is 9.59 Å². The van der Waals surface area contributed by atoms with Gasteiger partial charge < -0.3 is 9.90 Å². The van der Waals surface area contributed by atoms with E-state index in [1.54, 1.807) is 0 Å². The smallest absolute Gasteiger partial charge is 0.317 e. The number of aliphatic carboxylic acids is 1. The molecule has 0 amide bonds. The predicted molar refractivity (Wildman–Crippen MR) is 27.4 cm³/mol. The lowest BCUT2D eigenvalue weighted by Crippen LogP contribution is -2.10. The number of carbonyl (C=O) groups excluding carboxylic acids is 1. The van der Waals surface area contributed by atoms with Gasteiger partial charge in [0.2, 0.25) is 0 Å². The van der Waals surface area contributed by atoms with Crippen molar-refractivity contribution in [3.63, 3.8) is 0 Å². The highest BCUT2D eigenvalue weighted by Crippen LogP contribution is 1.89. The van der Waals surface area contributed by atoms with Gasteiger partial charge in [0.1, 0.15) is 12.2 Å². The second-order valence-corrected chi connectivity index (χ2v) is 1.24. The van der Waals surface area contributed by atoms with E-state index in [1.807, 2.05) is 0 Å². The van der Waals surface area contributed by atoms with Crippen molar-refractivity contribution in [2.24, 2.45) is 5.92 Å². The van der Waals surface area contributed by atoms with Gasteiger partial charge in [-0.2, -0.15) is 0 Å². The van der Waals surface area contributed by atoms with Crippen molar-refractivity contribution in [3.05, 3.63) is 12.7 Å². The molecule has 1 N–H and O–H groups in total. The summed E-state index contributed by atoms with van der Waals surface area (Å²) in [6, 6.07) is 0. The van der Waals surface area contributed by atoms with Crippen LogP contribution < -0.4 is 0 Å². The van der Waals surface area contributed by atoms with Gasteiger partial charge in [0.05, 0.1) is 0 Å². The highest BCUT2D eigenvalue weighted by atomic mass is 16.4. The van der Waals surface area contributed by atoms with Crippen molar-refractivity contribution >= 4 is 12.3 Å². The standard InChI is InChI=1S/C5H6O3/c1-2-4(3-6)5(7)8/h2-4H,1H2,(H,7,8). The molecule has 1 unspecified atom stereocenters. The summed E-state index contributed by atoms with van der Waals surface area (Å²) in [4.78, 5) is 19.6. The quantitative estimate of drug-likeness (QED) is 0.321. The van der Waals surface area contributed by atoms with E-state index in [-0.39, 0.29) is 0 Å². The first-order valence-corrected chi connectivity index (χ1v) is 2.03. The van der Waals surface area contributed by atoms with Crippen molar-refractivity contribution in [2.45, 2.75) is 0 Å². The van der Waals surface area contributed by atoms with Gasteiger partial charge in [0.15, 0.2) is 0 Å². The van der Waals surface area contributed by atoms with Gasteiger partial charge in [-0.25, -0.2) is 0 Å². The number of hydrogen-bond donors (Lipinski definition) is 1. The lowest BCUT2D eigenvalue weighted by molar-refractivity contribution is -0.141. The fourth-order valence-electron chi connectivity index (χ4n) is 0.215. The zero-order valence-electron chi connectivity index (χ0n) is 4.20. The summed E-state index contributed by atoms with van der Waals surface area (Å²) >= 11 is 0. The minimum Gasteiger partial charge on any atom is -0.480 e. The first kappa shape index (κ1) is 6.88. The SMILES string of the molecule is C=CC(C=O)C(=O)O. The number of carboxylic acids is 1. The molecule has 0 aromatic carbocycles. The maximum absolute atomic E-state index is 9.86. The number of carboxylic acid groups (broad SMARTS) is 1. The van der Waals surface area contributed by atoms with Crippen molar-refractivity contribution in [3.8, 4) is 0 Å². The predicted octanol–water partition coefficient (Wildman–Crippen LogP) is 0.0721. The molecule has 0 saturated carbocycles. The fraction of sp³-hybridized carbons (Fsp3) is 0.200. The molecule has 0 aromatic heterocycles. The molecule has 0 bridgehead atoms. The largest absolute Gasteiger partial charge is 0.480 e. The Morgan fingerprint density at radius 3 is 2.25 bits per heavy atom. The molecule has 0 aliphatic carbocycles. The summed E-state index contributed by atoms with van der Waals surface area (Å²) in [5.74, 6) is -2.20. The molecule has 0 saturated heterocycles. The molecule has 8 heavy (non-hydrogen) atoms. The molecule has 0 fully saturated rings. The molecule has 0 spiro atoms. The third kappa shape index (κ3) is 1.55. The third-order valence-electron chi connectivity index (χ3n) is 0.686. The van der Waals surface area contributed by atoms with Gasteiger partial charge in [0, 0.05) is 0 Å². The minimum absolute atomic E-state index is 0.329. The Kier molecular flexibility index (Phi) is 2.54. The molecular formula is C5H6O3. The number of hydrogen-bond acceptors (Lipinski definition) is 2. The zero-order valence-corrected chi connectivity index (χ0v) is 4.20. The highest BCUT2D eigenvalue weighted by Gasteiger charge is 2.09. The van der Waals surface area contributed by atoms with E-state index in [1.165, 1.54) is 0 Å². The van der Waals surface area contributed by atoms with Crippen LogP contribution in [0.4, 0.5) is 0 Å². The summed E-state index contributed by atoms with van der Waals surface area (Å²) in [5.41, 5.74) is 0. The molecule has 3 heteroatoms. The molecule has 1 atom stereocenters. The average Bonchev–Trinajstić information content (AvgIpc) is 1.69. The van der Waals surface area contributed by atoms with Crippen LogP contribution in [0.3, 0.4) is 0 Å². The molecule has 0 radical (unpaired) electrons. The summed E-state index contributed by atoms with van der Waals surface area (Å²) in [6.07, 6.45) is 1.41. The van der Waals surface area contributed by atoms with Crippen LogP contribution in [0.15, 0.2) is 12.7 Å². The topological polar surface area (TPSA) is 54.4 Å². The molecular weight excluding hydrogens is 108 g/mol.